The molecule has 36 heavy (non-hydrogen) atoms. The number of anilines is 2. The number of hydrogen-bond donors (Lipinski definition) is 3. The van der Waals surface area contributed by atoms with Crippen molar-refractivity contribution in [1.29, 1.82) is 0 Å². The molecular formula is C27H23ClN4O4. The van der Waals surface area contributed by atoms with Crippen LogP contribution in [-0.2, 0) is 4.79 Å². The molecule has 9 heteroatoms. The van der Waals surface area contributed by atoms with Crippen molar-refractivity contribution >= 4 is 46.1 Å². The molecule has 2 aliphatic rings. The third kappa shape index (κ3) is 4.20. The van der Waals surface area contributed by atoms with Crippen molar-refractivity contribution in [3.63, 3.8) is 0 Å². The van der Waals surface area contributed by atoms with Gasteiger partial charge < -0.3 is 30.4 Å². The lowest BCUT2D eigenvalue weighted by Gasteiger charge is -2.19. The van der Waals surface area contributed by atoms with Gasteiger partial charge in [0, 0.05) is 17.7 Å². The highest BCUT2D eigenvalue weighted by Gasteiger charge is 2.22. The number of aromatic nitrogens is 1. The largest absolute Gasteiger partial charge is 0.486 e. The summed E-state index contributed by atoms with van der Waals surface area (Å²) < 4.78 is 16.9. The van der Waals surface area contributed by atoms with Crippen molar-refractivity contribution in [1.82, 2.24) is 10.5 Å². The number of halogens is 1. The number of amides is 1. The fourth-order valence-corrected chi connectivity index (χ4v) is 4.76. The molecule has 0 bridgehead atoms. The standard InChI is InChI=1S/C27H23ClN4O4/c28-26-17(16-5-8-22-24(14-16)35-11-10-34-22)2-1-3-21(26)31-27-18-6-4-15(13-23(18)36-32-27)12-19(29)20-7-9-25(33)30-20/h1-6,8,12-14,20H,7,9-11,29H2,(H,30,33)(H,31,32). The van der Waals surface area contributed by atoms with Gasteiger partial charge in [0.15, 0.2) is 22.9 Å². The van der Waals surface area contributed by atoms with Crippen molar-refractivity contribution < 1.29 is 18.8 Å². The molecule has 182 valence electrons. The first kappa shape index (κ1) is 22.3. The van der Waals surface area contributed by atoms with E-state index in [0.717, 1.165) is 27.8 Å². The number of carbonyl (C=O) groups excluding carboxylic acids is 1. The third-order valence-corrected chi connectivity index (χ3v) is 6.74. The second kappa shape index (κ2) is 9.13. The first-order chi connectivity index (χ1) is 17.5. The second-order valence-corrected chi connectivity index (χ2v) is 9.12. The Kier molecular flexibility index (Phi) is 5.65. The zero-order chi connectivity index (χ0) is 24.6. The molecule has 3 aromatic carbocycles. The van der Waals surface area contributed by atoms with Gasteiger partial charge >= 0.3 is 0 Å². The van der Waals surface area contributed by atoms with Crippen molar-refractivity contribution in [2.24, 2.45) is 5.73 Å². The summed E-state index contributed by atoms with van der Waals surface area (Å²) in [6.45, 7) is 1.06. The van der Waals surface area contributed by atoms with E-state index in [9.17, 15) is 4.79 Å². The van der Waals surface area contributed by atoms with Crippen LogP contribution in [0.5, 0.6) is 11.5 Å². The maximum Gasteiger partial charge on any atom is 0.220 e. The minimum atomic E-state index is -0.135. The predicted molar refractivity (Wildman–Crippen MR) is 138 cm³/mol. The van der Waals surface area contributed by atoms with E-state index in [4.69, 9.17) is 31.3 Å². The first-order valence-electron chi connectivity index (χ1n) is 11.7. The average molecular weight is 503 g/mol. The summed E-state index contributed by atoms with van der Waals surface area (Å²) in [4.78, 5) is 11.5. The quantitative estimate of drug-likeness (QED) is 0.342. The van der Waals surface area contributed by atoms with E-state index in [1.807, 2.05) is 60.7 Å². The molecule has 1 atom stereocenters. The van der Waals surface area contributed by atoms with Gasteiger partial charge in [-0.25, -0.2) is 0 Å². The lowest BCUT2D eigenvalue weighted by atomic mass is 10.0. The van der Waals surface area contributed by atoms with Gasteiger partial charge in [0.1, 0.15) is 13.2 Å². The average Bonchev–Trinajstić information content (AvgIpc) is 3.51. The summed E-state index contributed by atoms with van der Waals surface area (Å²) in [6, 6.07) is 17.1. The summed E-state index contributed by atoms with van der Waals surface area (Å²) in [7, 11) is 0. The zero-order valence-corrected chi connectivity index (χ0v) is 20.0. The van der Waals surface area contributed by atoms with Gasteiger partial charge in [-0.1, -0.05) is 41.0 Å². The number of nitrogens with two attached hydrogens (primary N) is 1. The van der Waals surface area contributed by atoms with Crippen LogP contribution in [0.4, 0.5) is 11.5 Å². The van der Waals surface area contributed by atoms with E-state index in [1.54, 1.807) is 0 Å². The van der Waals surface area contributed by atoms with Gasteiger partial charge in [-0.15, -0.1) is 0 Å². The van der Waals surface area contributed by atoms with Crippen LogP contribution in [-0.4, -0.2) is 30.3 Å². The number of fused-ring (bicyclic) bond motifs is 2. The van der Waals surface area contributed by atoms with Gasteiger partial charge in [-0.3, -0.25) is 4.79 Å². The van der Waals surface area contributed by atoms with Crippen LogP contribution in [0.15, 0.2) is 64.8 Å². The van der Waals surface area contributed by atoms with E-state index in [0.29, 0.717) is 59.6 Å². The Hall–Kier alpha value is -4.17. The van der Waals surface area contributed by atoms with E-state index in [-0.39, 0.29) is 11.9 Å². The smallest absolute Gasteiger partial charge is 0.220 e. The van der Waals surface area contributed by atoms with Crippen LogP contribution in [0.2, 0.25) is 5.02 Å². The van der Waals surface area contributed by atoms with Crippen LogP contribution >= 0.6 is 11.6 Å². The fourth-order valence-electron chi connectivity index (χ4n) is 4.48. The van der Waals surface area contributed by atoms with E-state index in [1.165, 1.54) is 0 Å². The maximum absolute atomic E-state index is 11.5. The van der Waals surface area contributed by atoms with Crippen LogP contribution in [0.25, 0.3) is 28.2 Å². The Labute approximate surface area is 212 Å². The SMILES string of the molecule is NC(=Cc1ccc2c(Nc3cccc(-c4ccc5c(c4)OCCO5)c3Cl)noc2c1)C1CCC(=O)N1. The first-order valence-corrected chi connectivity index (χ1v) is 12.0. The molecule has 3 heterocycles. The summed E-state index contributed by atoms with van der Waals surface area (Å²) >= 11 is 6.81. The Morgan fingerprint density at radius 2 is 1.97 bits per heavy atom. The molecular weight excluding hydrogens is 480 g/mol. The molecule has 8 nitrogen and oxygen atoms in total. The monoisotopic (exact) mass is 502 g/mol. The van der Waals surface area contributed by atoms with Gasteiger partial charge in [0.2, 0.25) is 5.91 Å². The predicted octanol–water partition coefficient (Wildman–Crippen LogP) is 5.24. The van der Waals surface area contributed by atoms with Crippen LogP contribution < -0.4 is 25.8 Å². The minimum absolute atomic E-state index is 0.0226. The lowest BCUT2D eigenvalue weighted by Crippen LogP contribution is -2.30. The zero-order valence-electron chi connectivity index (χ0n) is 19.2. The Morgan fingerprint density at radius 3 is 2.81 bits per heavy atom. The molecule has 0 radical (unpaired) electrons. The van der Waals surface area contributed by atoms with Crippen molar-refractivity contribution in [3.05, 3.63) is 70.9 Å². The highest BCUT2D eigenvalue weighted by Crippen LogP contribution is 2.40. The van der Waals surface area contributed by atoms with Crippen LogP contribution in [0.3, 0.4) is 0 Å². The number of carbonyl (C=O) groups is 1. The number of benzene rings is 3. The van der Waals surface area contributed by atoms with E-state index < -0.39 is 0 Å². The molecule has 6 rings (SSSR count). The molecule has 4 aromatic rings. The highest BCUT2D eigenvalue weighted by atomic mass is 35.5. The molecule has 0 aliphatic carbocycles. The highest BCUT2D eigenvalue weighted by molar-refractivity contribution is 6.36. The number of ether oxygens (including phenoxy) is 2. The topological polar surface area (TPSA) is 112 Å². The number of nitrogens with one attached hydrogen (secondary N) is 2. The molecule has 0 saturated carbocycles. The number of hydrogen-bond acceptors (Lipinski definition) is 7. The molecule has 1 aromatic heterocycles. The molecule has 1 amide bonds. The van der Waals surface area contributed by atoms with Crippen LogP contribution in [0.1, 0.15) is 18.4 Å². The molecule has 1 unspecified atom stereocenters. The number of rotatable bonds is 5. The normalized spacial score (nSPS) is 17.3. The van der Waals surface area contributed by atoms with Gasteiger partial charge in [-0.05, 0) is 54.0 Å². The molecule has 1 fully saturated rings. The van der Waals surface area contributed by atoms with Gasteiger partial charge in [0.25, 0.3) is 0 Å². The van der Waals surface area contributed by atoms with E-state index in [2.05, 4.69) is 15.8 Å². The van der Waals surface area contributed by atoms with Gasteiger partial charge in [0.05, 0.1) is 22.1 Å². The molecule has 2 aliphatic heterocycles. The number of nitrogens with zero attached hydrogens (tertiary/aromatic N) is 1. The summed E-state index contributed by atoms with van der Waals surface area (Å²) in [5, 5.41) is 11.7. The van der Waals surface area contributed by atoms with Crippen molar-refractivity contribution in [2.75, 3.05) is 18.5 Å². The fraction of sp³-hybridized carbons (Fsp3) is 0.185. The molecule has 0 spiro atoms. The van der Waals surface area contributed by atoms with Crippen molar-refractivity contribution in [2.45, 2.75) is 18.9 Å². The molecule has 1 saturated heterocycles. The van der Waals surface area contributed by atoms with Crippen LogP contribution in [0, 0.1) is 0 Å². The maximum atomic E-state index is 11.5. The van der Waals surface area contributed by atoms with E-state index >= 15 is 0 Å². The second-order valence-electron chi connectivity index (χ2n) is 8.74. The summed E-state index contributed by atoms with van der Waals surface area (Å²) in [5.41, 5.74) is 10.8. The molecule has 4 N–H and O–H groups in total. The lowest BCUT2D eigenvalue weighted by molar-refractivity contribution is -0.119. The van der Waals surface area contributed by atoms with Crippen molar-refractivity contribution in [3.8, 4) is 22.6 Å². The van der Waals surface area contributed by atoms with Gasteiger partial charge in [-0.2, -0.15) is 0 Å². The Morgan fingerprint density at radius 1 is 1.11 bits per heavy atom. The minimum Gasteiger partial charge on any atom is -0.486 e. The third-order valence-electron chi connectivity index (χ3n) is 6.33. The Bertz CT molecular complexity index is 1510. The summed E-state index contributed by atoms with van der Waals surface area (Å²) in [6.07, 6.45) is 3.04. The Balaban J connectivity index is 1.26. The summed E-state index contributed by atoms with van der Waals surface area (Å²) in [5.74, 6) is 2.01.